The summed E-state index contributed by atoms with van der Waals surface area (Å²) in [4.78, 5) is 13.8. The average Bonchev–Trinajstić information content (AvgIpc) is 2.35. The Morgan fingerprint density at radius 3 is 2.82 bits per heavy atom. The normalized spacial score (nSPS) is 13.4. The first-order chi connectivity index (χ1) is 8.24. The predicted molar refractivity (Wildman–Crippen MR) is 63.3 cm³/mol. The first kappa shape index (κ1) is 11.7. The number of ether oxygens (including phenoxy) is 2. The van der Waals surface area contributed by atoms with Gasteiger partial charge in [-0.05, 0) is 17.5 Å². The number of aliphatic imine (C=N–C) groups is 1. The molecule has 4 heteroatoms. The first-order valence-electron chi connectivity index (χ1n) is 5.69. The maximum Gasteiger partial charge on any atom is 0.235 e. The second-order valence-electron chi connectivity index (χ2n) is 4.22. The second kappa shape index (κ2) is 5.02. The highest BCUT2D eigenvalue weighted by atomic mass is 16.6. The summed E-state index contributed by atoms with van der Waals surface area (Å²) in [5.41, 5.74) is 2.06. The fraction of sp³-hybridized carbons (Fsp3) is 0.462. The Morgan fingerprint density at radius 1 is 1.35 bits per heavy atom. The second-order valence-corrected chi connectivity index (χ2v) is 4.22. The molecule has 0 saturated heterocycles. The van der Waals surface area contributed by atoms with Crippen LogP contribution >= 0.6 is 0 Å². The van der Waals surface area contributed by atoms with Crippen LogP contribution in [0.1, 0.15) is 30.9 Å². The number of hydrogen-bond donors (Lipinski definition) is 0. The summed E-state index contributed by atoms with van der Waals surface area (Å²) in [7, 11) is 0. The summed E-state index contributed by atoms with van der Waals surface area (Å²) in [6.45, 7) is 5.65. The predicted octanol–water partition coefficient (Wildman–Crippen LogP) is 2.42. The van der Waals surface area contributed by atoms with Crippen LogP contribution in [0.25, 0.3) is 0 Å². The van der Waals surface area contributed by atoms with Crippen molar-refractivity contribution in [2.75, 3.05) is 13.2 Å². The molecule has 0 aliphatic carbocycles. The third-order valence-electron chi connectivity index (χ3n) is 2.73. The Morgan fingerprint density at radius 2 is 2.12 bits per heavy atom. The zero-order chi connectivity index (χ0) is 12.3. The van der Waals surface area contributed by atoms with E-state index in [2.05, 4.69) is 18.8 Å². The van der Waals surface area contributed by atoms with Crippen molar-refractivity contribution in [1.82, 2.24) is 0 Å². The molecule has 0 spiro atoms. The van der Waals surface area contributed by atoms with Gasteiger partial charge in [-0.15, -0.1) is 0 Å². The fourth-order valence-corrected chi connectivity index (χ4v) is 2.07. The van der Waals surface area contributed by atoms with Crippen LogP contribution in [0.3, 0.4) is 0 Å². The molecule has 1 aliphatic heterocycles. The van der Waals surface area contributed by atoms with E-state index in [1.165, 1.54) is 0 Å². The summed E-state index contributed by atoms with van der Waals surface area (Å²) in [6, 6.07) is 3.81. The van der Waals surface area contributed by atoms with Crippen molar-refractivity contribution < 1.29 is 14.3 Å². The molecule has 17 heavy (non-hydrogen) atoms. The summed E-state index contributed by atoms with van der Waals surface area (Å²) >= 11 is 0. The van der Waals surface area contributed by atoms with Gasteiger partial charge in [0.15, 0.2) is 11.5 Å². The van der Waals surface area contributed by atoms with Crippen LogP contribution in [0.15, 0.2) is 17.1 Å². The summed E-state index contributed by atoms with van der Waals surface area (Å²) in [6.07, 6.45) is 1.57. The molecule has 2 rings (SSSR count). The number of nitrogens with zero attached hydrogens (tertiary/aromatic N) is 1. The van der Waals surface area contributed by atoms with Gasteiger partial charge in [0.25, 0.3) is 0 Å². The molecule has 0 saturated carbocycles. The standard InChI is InChI=1S/C13H15NO3/c1-9(2)12-10(7-14-8-15)3-4-11-13(12)17-6-5-16-11/h3-4,9H,5-7H2,1-2H3. The highest BCUT2D eigenvalue weighted by Crippen LogP contribution is 2.40. The highest BCUT2D eigenvalue weighted by molar-refractivity contribution is 5.53. The third-order valence-corrected chi connectivity index (χ3v) is 2.73. The van der Waals surface area contributed by atoms with E-state index in [-0.39, 0.29) is 0 Å². The van der Waals surface area contributed by atoms with E-state index in [1.807, 2.05) is 12.1 Å². The van der Waals surface area contributed by atoms with Crippen molar-refractivity contribution in [2.45, 2.75) is 26.3 Å². The lowest BCUT2D eigenvalue weighted by Gasteiger charge is -2.24. The average molecular weight is 233 g/mol. The molecule has 0 bridgehead atoms. The van der Waals surface area contributed by atoms with Crippen LogP contribution in [0.4, 0.5) is 0 Å². The van der Waals surface area contributed by atoms with Gasteiger partial charge < -0.3 is 9.47 Å². The SMILES string of the molecule is CC(C)c1c(CN=C=O)ccc2c1OCCO2. The molecule has 0 radical (unpaired) electrons. The highest BCUT2D eigenvalue weighted by Gasteiger charge is 2.20. The largest absolute Gasteiger partial charge is 0.486 e. The van der Waals surface area contributed by atoms with Gasteiger partial charge in [-0.2, -0.15) is 0 Å². The Labute approximate surface area is 100 Å². The maximum absolute atomic E-state index is 10.2. The summed E-state index contributed by atoms with van der Waals surface area (Å²) in [5.74, 6) is 1.87. The minimum Gasteiger partial charge on any atom is -0.486 e. The number of isocyanates is 1. The molecule has 0 amide bonds. The Balaban J connectivity index is 2.49. The molecule has 0 aromatic heterocycles. The zero-order valence-corrected chi connectivity index (χ0v) is 10.0. The lowest BCUT2D eigenvalue weighted by molar-refractivity contribution is 0.169. The van der Waals surface area contributed by atoms with E-state index in [4.69, 9.17) is 9.47 Å². The van der Waals surface area contributed by atoms with Crippen LogP contribution in [0, 0.1) is 0 Å². The van der Waals surface area contributed by atoms with E-state index in [0.29, 0.717) is 25.7 Å². The minimum absolute atomic E-state index is 0.295. The van der Waals surface area contributed by atoms with Gasteiger partial charge in [0, 0.05) is 5.56 Å². The topological polar surface area (TPSA) is 47.9 Å². The molecule has 1 aromatic carbocycles. The number of hydrogen-bond acceptors (Lipinski definition) is 4. The Bertz CT molecular complexity index is 462. The van der Waals surface area contributed by atoms with Crippen molar-refractivity contribution in [3.8, 4) is 11.5 Å². The van der Waals surface area contributed by atoms with Crippen molar-refractivity contribution in [3.05, 3.63) is 23.3 Å². The summed E-state index contributed by atoms with van der Waals surface area (Å²) in [5, 5.41) is 0. The number of fused-ring (bicyclic) bond motifs is 1. The van der Waals surface area contributed by atoms with E-state index in [1.54, 1.807) is 6.08 Å². The molecule has 1 aliphatic rings. The molecule has 1 aromatic rings. The van der Waals surface area contributed by atoms with Gasteiger partial charge in [0.05, 0.1) is 6.54 Å². The van der Waals surface area contributed by atoms with Gasteiger partial charge in [-0.25, -0.2) is 9.79 Å². The molecule has 1 heterocycles. The monoisotopic (exact) mass is 233 g/mol. The number of carbonyl (C=O) groups excluding carboxylic acids is 1. The third kappa shape index (κ3) is 2.32. The van der Waals surface area contributed by atoms with Crippen LogP contribution in [0.2, 0.25) is 0 Å². The molecular formula is C13H15NO3. The van der Waals surface area contributed by atoms with Gasteiger partial charge in [-0.1, -0.05) is 19.9 Å². The maximum atomic E-state index is 10.2. The number of rotatable bonds is 3. The van der Waals surface area contributed by atoms with E-state index >= 15 is 0 Å². The molecule has 0 N–H and O–H groups in total. The van der Waals surface area contributed by atoms with Gasteiger partial charge in [0.1, 0.15) is 13.2 Å². The van der Waals surface area contributed by atoms with Crippen LogP contribution in [-0.4, -0.2) is 19.3 Å². The smallest absolute Gasteiger partial charge is 0.235 e. The van der Waals surface area contributed by atoms with Gasteiger partial charge in [0.2, 0.25) is 6.08 Å². The quantitative estimate of drug-likeness (QED) is 0.595. The molecule has 0 fully saturated rings. The molecule has 0 atom stereocenters. The fourth-order valence-electron chi connectivity index (χ4n) is 2.07. The lowest BCUT2D eigenvalue weighted by atomic mass is 9.95. The van der Waals surface area contributed by atoms with Gasteiger partial charge >= 0.3 is 0 Å². The molecular weight excluding hydrogens is 218 g/mol. The minimum atomic E-state index is 0.295. The summed E-state index contributed by atoms with van der Waals surface area (Å²) < 4.78 is 11.2. The number of benzene rings is 1. The lowest BCUT2D eigenvalue weighted by Crippen LogP contribution is -2.17. The van der Waals surface area contributed by atoms with Crippen molar-refractivity contribution in [3.63, 3.8) is 0 Å². The van der Waals surface area contributed by atoms with E-state index in [0.717, 1.165) is 22.6 Å². The van der Waals surface area contributed by atoms with Gasteiger partial charge in [-0.3, -0.25) is 0 Å². The van der Waals surface area contributed by atoms with Crippen LogP contribution < -0.4 is 9.47 Å². The van der Waals surface area contributed by atoms with Crippen molar-refractivity contribution in [1.29, 1.82) is 0 Å². The zero-order valence-electron chi connectivity index (χ0n) is 10.0. The van der Waals surface area contributed by atoms with Crippen molar-refractivity contribution in [2.24, 2.45) is 4.99 Å². The van der Waals surface area contributed by atoms with E-state index < -0.39 is 0 Å². The molecule has 90 valence electrons. The van der Waals surface area contributed by atoms with E-state index in [9.17, 15) is 4.79 Å². The Kier molecular flexibility index (Phi) is 3.45. The van der Waals surface area contributed by atoms with Crippen LogP contribution in [-0.2, 0) is 11.3 Å². The van der Waals surface area contributed by atoms with Crippen molar-refractivity contribution >= 4 is 6.08 Å². The molecule has 0 unspecified atom stereocenters. The van der Waals surface area contributed by atoms with Crippen LogP contribution in [0.5, 0.6) is 11.5 Å². The first-order valence-corrected chi connectivity index (χ1v) is 5.69. The molecule has 4 nitrogen and oxygen atoms in total. The Hall–Kier alpha value is -1.80.